The van der Waals surface area contributed by atoms with E-state index >= 15 is 0 Å². The Kier molecular flexibility index (Phi) is 6.54. The van der Waals surface area contributed by atoms with Crippen LogP contribution in [-0.2, 0) is 39.0 Å². The fourth-order valence-corrected chi connectivity index (χ4v) is 5.62. The van der Waals surface area contributed by atoms with Crippen molar-refractivity contribution in [3.05, 3.63) is 52.6 Å². The molecule has 2 aromatic rings. The maximum absolute atomic E-state index is 13.2. The molecule has 1 aliphatic rings. The van der Waals surface area contributed by atoms with Crippen molar-refractivity contribution in [1.29, 1.82) is 0 Å². The third-order valence-electron chi connectivity index (χ3n) is 5.13. The second-order valence-electron chi connectivity index (χ2n) is 6.89. The number of Topliss-reactive ketones (excluding diaryl/α,β-unsaturated/α-hetero) is 1. The summed E-state index contributed by atoms with van der Waals surface area (Å²) < 4.78 is 26.0. The standard InChI is InChI=1S/C21H29N2O4P/c1-5-16-13-23(20(6-2)22-16)19-12-18-15(10-9-11-17(18)21(19)24)14-28(25,26-7-3)27-8-4/h9-11,13,19H,5-8,12,14H2,1-4H3. The molecule has 0 saturated carbocycles. The van der Waals surface area contributed by atoms with E-state index in [0.717, 1.165) is 35.5 Å². The molecule has 152 valence electrons. The highest BCUT2D eigenvalue weighted by atomic mass is 31.2. The zero-order valence-electron chi connectivity index (χ0n) is 17.1. The first-order valence-corrected chi connectivity index (χ1v) is 11.8. The van der Waals surface area contributed by atoms with E-state index in [1.54, 1.807) is 13.8 Å². The van der Waals surface area contributed by atoms with Crippen LogP contribution < -0.4 is 0 Å². The summed E-state index contributed by atoms with van der Waals surface area (Å²) in [5.41, 5.74) is 3.52. The summed E-state index contributed by atoms with van der Waals surface area (Å²) in [6.07, 6.45) is 4.37. The Labute approximate surface area is 166 Å². The molecule has 1 aliphatic carbocycles. The monoisotopic (exact) mass is 404 g/mol. The highest BCUT2D eigenvalue weighted by molar-refractivity contribution is 7.53. The van der Waals surface area contributed by atoms with Crippen LogP contribution in [0, 0.1) is 0 Å². The van der Waals surface area contributed by atoms with Gasteiger partial charge in [0, 0.05) is 24.6 Å². The van der Waals surface area contributed by atoms with Gasteiger partial charge in [-0.05, 0) is 31.4 Å². The van der Waals surface area contributed by atoms with Gasteiger partial charge in [0.05, 0.1) is 25.1 Å². The second-order valence-corrected chi connectivity index (χ2v) is 8.95. The van der Waals surface area contributed by atoms with E-state index in [9.17, 15) is 9.36 Å². The minimum absolute atomic E-state index is 0.0919. The molecule has 0 spiro atoms. The minimum atomic E-state index is -3.23. The molecule has 7 heteroatoms. The third kappa shape index (κ3) is 4.00. The van der Waals surface area contributed by atoms with Gasteiger partial charge in [0.25, 0.3) is 0 Å². The summed E-state index contributed by atoms with van der Waals surface area (Å²) >= 11 is 0. The third-order valence-corrected chi connectivity index (χ3v) is 7.16. The van der Waals surface area contributed by atoms with Crippen molar-refractivity contribution in [3.63, 3.8) is 0 Å². The van der Waals surface area contributed by atoms with E-state index in [0.29, 0.717) is 25.2 Å². The Morgan fingerprint density at radius 2 is 1.86 bits per heavy atom. The van der Waals surface area contributed by atoms with Gasteiger partial charge in [0.1, 0.15) is 11.9 Å². The quantitative estimate of drug-likeness (QED) is 0.564. The lowest BCUT2D eigenvalue weighted by Gasteiger charge is -2.18. The van der Waals surface area contributed by atoms with Crippen molar-refractivity contribution in [3.8, 4) is 0 Å². The largest absolute Gasteiger partial charge is 0.335 e. The molecule has 6 nitrogen and oxygen atoms in total. The first kappa shape index (κ1) is 21.0. The summed E-state index contributed by atoms with van der Waals surface area (Å²) in [6, 6.07) is 5.34. The number of fused-ring (bicyclic) bond motifs is 1. The average Bonchev–Trinajstić information content (AvgIpc) is 3.23. The predicted octanol–water partition coefficient (Wildman–Crippen LogP) is 4.75. The van der Waals surface area contributed by atoms with E-state index in [1.807, 2.05) is 29.0 Å². The normalized spacial score (nSPS) is 16.6. The van der Waals surface area contributed by atoms with Gasteiger partial charge in [-0.3, -0.25) is 9.36 Å². The van der Waals surface area contributed by atoms with Crippen LogP contribution in [-0.4, -0.2) is 28.5 Å². The number of nitrogens with zero attached hydrogens (tertiary/aromatic N) is 2. The highest BCUT2D eigenvalue weighted by Crippen LogP contribution is 2.52. The Balaban J connectivity index is 1.95. The van der Waals surface area contributed by atoms with Gasteiger partial charge in [0.15, 0.2) is 5.78 Å². The van der Waals surface area contributed by atoms with Crippen LogP contribution in [0.15, 0.2) is 24.4 Å². The van der Waals surface area contributed by atoms with Crippen LogP contribution in [0.3, 0.4) is 0 Å². The van der Waals surface area contributed by atoms with E-state index in [-0.39, 0.29) is 18.0 Å². The highest BCUT2D eigenvalue weighted by Gasteiger charge is 2.36. The lowest BCUT2D eigenvalue weighted by Crippen LogP contribution is -2.17. The number of carbonyl (C=O) groups is 1. The van der Waals surface area contributed by atoms with Crippen LogP contribution in [0.5, 0.6) is 0 Å². The SMILES string of the molecule is CCOP(=O)(Cc1cccc2c1CC(n1cc(CC)nc1CC)C2=O)OCC. The maximum Gasteiger partial charge on any atom is 0.335 e. The van der Waals surface area contributed by atoms with Crippen molar-refractivity contribution in [2.24, 2.45) is 0 Å². The number of benzene rings is 1. The van der Waals surface area contributed by atoms with Gasteiger partial charge in [-0.15, -0.1) is 0 Å². The molecular formula is C21H29N2O4P. The van der Waals surface area contributed by atoms with Crippen molar-refractivity contribution in [2.75, 3.05) is 13.2 Å². The molecule has 1 heterocycles. The zero-order valence-corrected chi connectivity index (χ0v) is 18.0. The zero-order chi connectivity index (χ0) is 20.3. The van der Waals surface area contributed by atoms with Crippen LogP contribution in [0.4, 0.5) is 0 Å². The second kappa shape index (κ2) is 8.73. The van der Waals surface area contributed by atoms with Crippen LogP contribution >= 0.6 is 7.60 Å². The Hall–Kier alpha value is -1.75. The summed E-state index contributed by atoms with van der Waals surface area (Å²) in [4.78, 5) is 17.8. The van der Waals surface area contributed by atoms with Gasteiger partial charge >= 0.3 is 7.60 Å². The van der Waals surface area contributed by atoms with Gasteiger partial charge in [0.2, 0.25) is 0 Å². The number of carbonyl (C=O) groups excluding carboxylic acids is 1. The van der Waals surface area contributed by atoms with Gasteiger partial charge in [-0.1, -0.05) is 32.0 Å². The minimum Gasteiger partial charge on any atom is -0.323 e. The van der Waals surface area contributed by atoms with Crippen molar-refractivity contribution in [1.82, 2.24) is 9.55 Å². The molecule has 3 rings (SSSR count). The first-order valence-electron chi connectivity index (χ1n) is 10.1. The van der Waals surface area contributed by atoms with Crippen molar-refractivity contribution in [2.45, 2.75) is 59.2 Å². The van der Waals surface area contributed by atoms with E-state index in [2.05, 4.69) is 18.8 Å². The maximum atomic E-state index is 13.2. The number of aryl methyl sites for hydroxylation is 2. The lowest BCUT2D eigenvalue weighted by molar-refractivity contribution is 0.0940. The van der Waals surface area contributed by atoms with Gasteiger partial charge in [-0.2, -0.15) is 0 Å². The van der Waals surface area contributed by atoms with E-state index in [4.69, 9.17) is 9.05 Å². The first-order chi connectivity index (χ1) is 13.5. The molecule has 0 radical (unpaired) electrons. The topological polar surface area (TPSA) is 70.4 Å². The van der Waals surface area contributed by atoms with Crippen molar-refractivity contribution >= 4 is 13.4 Å². The molecule has 0 fully saturated rings. The number of hydrogen-bond acceptors (Lipinski definition) is 5. The van der Waals surface area contributed by atoms with Crippen molar-refractivity contribution < 1.29 is 18.4 Å². The van der Waals surface area contributed by atoms with E-state index < -0.39 is 7.60 Å². The molecule has 0 amide bonds. The molecule has 1 atom stereocenters. The average molecular weight is 404 g/mol. The number of hydrogen-bond donors (Lipinski definition) is 0. The van der Waals surface area contributed by atoms with Crippen LogP contribution in [0.25, 0.3) is 0 Å². The Bertz CT molecular complexity index is 896. The van der Waals surface area contributed by atoms with Crippen LogP contribution in [0.2, 0.25) is 0 Å². The summed E-state index contributed by atoms with van der Waals surface area (Å²) in [5.74, 6) is 1.02. The molecule has 28 heavy (non-hydrogen) atoms. The van der Waals surface area contributed by atoms with Gasteiger partial charge < -0.3 is 13.6 Å². The molecule has 0 aliphatic heterocycles. The molecule has 0 bridgehead atoms. The van der Waals surface area contributed by atoms with E-state index in [1.165, 1.54) is 0 Å². The lowest BCUT2D eigenvalue weighted by atomic mass is 10.0. The number of aromatic nitrogens is 2. The number of imidazole rings is 1. The van der Waals surface area contributed by atoms with Gasteiger partial charge in [-0.25, -0.2) is 4.98 Å². The van der Waals surface area contributed by atoms with Crippen LogP contribution in [0.1, 0.15) is 66.7 Å². The Morgan fingerprint density at radius 1 is 1.14 bits per heavy atom. The smallest absolute Gasteiger partial charge is 0.323 e. The molecule has 1 aromatic heterocycles. The summed E-state index contributed by atoms with van der Waals surface area (Å²) in [7, 11) is -3.23. The molecule has 0 N–H and O–H groups in total. The molecular weight excluding hydrogens is 375 g/mol. The fraction of sp³-hybridized carbons (Fsp3) is 0.524. The molecule has 1 unspecified atom stereocenters. The fourth-order valence-electron chi connectivity index (χ4n) is 3.86. The number of rotatable bonds is 9. The molecule has 1 aromatic carbocycles. The summed E-state index contributed by atoms with van der Waals surface area (Å²) in [6.45, 7) is 8.37. The summed E-state index contributed by atoms with van der Waals surface area (Å²) in [5, 5.41) is 0. The number of ketones is 1. The molecule has 0 saturated heterocycles. The predicted molar refractivity (Wildman–Crippen MR) is 109 cm³/mol. The Morgan fingerprint density at radius 3 is 2.46 bits per heavy atom.